The van der Waals surface area contributed by atoms with Crippen molar-refractivity contribution in [2.24, 2.45) is 5.92 Å². The Labute approximate surface area is 139 Å². The summed E-state index contributed by atoms with van der Waals surface area (Å²) in [4.78, 5) is 11.9. The third-order valence-electron chi connectivity index (χ3n) is 4.21. The number of rotatable bonds is 6. The molecule has 24 heavy (non-hydrogen) atoms. The second kappa shape index (κ2) is 7.53. The van der Waals surface area contributed by atoms with Gasteiger partial charge in [0, 0.05) is 24.6 Å². The van der Waals surface area contributed by atoms with E-state index in [1.807, 2.05) is 0 Å². The maximum absolute atomic E-state index is 12.8. The summed E-state index contributed by atoms with van der Waals surface area (Å²) in [5.74, 6) is 0.160. The molecule has 1 saturated heterocycles. The molecule has 0 saturated carbocycles. The summed E-state index contributed by atoms with van der Waals surface area (Å²) in [5, 5.41) is 5.84. The van der Waals surface area contributed by atoms with Crippen LogP contribution in [0.2, 0.25) is 0 Å². The number of carbonyl (C=O) groups excluding carboxylic acids is 1. The minimum absolute atomic E-state index is 0.0385. The van der Waals surface area contributed by atoms with E-state index in [2.05, 4.69) is 10.6 Å². The molecule has 0 spiro atoms. The van der Waals surface area contributed by atoms with Crippen molar-refractivity contribution in [1.82, 2.24) is 10.6 Å². The summed E-state index contributed by atoms with van der Waals surface area (Å²) in [5.41, 5.74) is -0.968. The number of nitrogens with one attached hydrogen (secondary N) is 2. The van der Waals surface area contributed by atoms with E-state index in [0.29, 0.717) is 24.6 Å². The Morgan fingerprint density at radius 3 is 2.62 bits per heavy atom. The molecule has 0 aliphatic carbocycles. The van der Waals surface area contributed by atoms with E-state index in [1.165, 1.54) is 6.07 Å². The molecule has 7 heteroatoms. The first kappa shape index (κ1) is 18.7. The van der Waals surface area contributed by atoms with Crippen LogP contribution < -0.4 is 10.6 Å². The topological polar surface area (TPSA) is 50.4 Å². The lowest BCUT2D eigenvalue weighted by molar-refractivity contribution is -0.137. The third-order valence-corrected chi connectivity index (χ3v) is 4.21. The predicted octanol–water partition coefficient (Wildman–Crippen LogP) is 2.68. The highest BCUT2D eigenvalue weighted by molar-refractivity contribution is 5.78. The zero-order valence-electron chi connectivity index (χ0n) is 13.9. The fourth-order valence-corrected chi connectivity index (χ4v) is 2.55. The van der Waals surface area contributed by atoms with Crippen molar-refractivity contribution in [1.29, 1.82) is 0 Å². The highest BCUT2D eigenvalue weighted by Gasteiger charge is 2.32. The van der Waals surface area contributed by atoms with Crippen molar-refractivity contribution in [3.05, 3.63) is 35.4 Å². The molecular weight excluding hydrogens is 321 g/mol. The number of alkyl halides is 3. The zero-order chi connectivity index (χ0) is 17.8. The Balaban J connectivity index is 1.89. The smallest absolute Gasteiger partial charge is 0.381 e. The fourth-order valence-electron chi connectivity index (χ4n) is 2.55. The second-order valence-electron chi connectivity index (χ2n) is 6.59. The highest BCUT2D eigenvalue weighted by Crippen LogP contribution is 2.31. The van der Waals surface area contributed by atoms with Crippen LogP contribution in [0.1, 0.15) is 31.4 Å². The Morgan fingerprint density at radius 2 is 2.00 bits per heavy atom. The Hall–Kier alpha value is -1.60. The molecule has 1 aromatic carbocycles. The molecule has 1 aliphatic heterocycles. The van der Waals surface area contributed by atoms with Crippen LogP contribution in [0, 0.1) is 5.92 Å². The Kier molecular flexibility index (Phi) is 5.87. The number of amides is 1. The minimum atomic E-state index is -4.38. The van der Waals surface area contributed by atoms with Crippen LogP contribution in [0.3, 0.4) is 0 Å². The maximum atomic E-state index is 12.8. The van der Waals surface area contributed by atoms with Gasteiger partial charge in [0.25, 0.3) is 0 Å². The lowest BCUT2D eigenvalue weighted by Crippen LogP contribution is -2.44. The van der Waals surface area contributed by atoms with Crippen molar-refractivity contribution in [3.8, 4) is 0 Å². The van der Waals surface area contributed by atoms with Gasteiger partial charge in [-0.1, -0.05) is 12.1 Å². The van der Waals surface area contributed by atoms with Crippen LogP contribution in [-0.4, -0.2) is 32.2 Å². The van der Waals surface area contributed by atoms with Crippen LogP contribution in [0.5, 0.6) is 0 Å². The molecule has 0 bridgehead atoms. The maximum Gasteiger partial charge on any atom is 0.416 e. The predicted molar refractivity (Wildman–Crippen MR) is 84.4 cm³/mol. The van der Waals surface area contributed by atoms with Gasteiger partial charge in [0.2, 0.25) is 5.91 Å². The van der Waals surface area contributed by atoms with E-state index in [1.54, 1.807) is 19.9 Å². The molecule has 134 valence electrons. The quantitative estimate of drug-likeness (QED) is 0.834. The molecule has 1 atom stereocenters. The summed E-state index contributed by atoms with van der Waals surface area (Å²) in [6.45, 7) is 5.48. The van der Waals surface area contributed by atoms with Gasteiger partial charge in [-0.05, 0) is 38.0 Å². The van der Waals surface area contributed by atoms with Gasteiger partial charge in [-0.25, -0.2) is 0 Å². The van der Waals surface area contributed by atoms with Crippen molar-refractivity contribution in [2.75, 3.05) is 26.3 Å². The first-order valence-corrected chi connectivity index (χ1v) is 7.96. The molecule has 0 unspecified atom stereocenters. The Morgan fingerprint density at radius 1 is 1.29 bits per heavy atom. The number of hydrogen-bond donors (Lipinski definition) is 2. The largest absolute Gasteiger partial charge is 0.416 e. The average Bonchev–Trinajstić information content (AvgIpc) is 3.04. The summed E-state index contributed by atoms with van der Waals surface area (Å²) in [7, 11) is 0. The monoisotopic (exact) mass is 344 g/mol. The van der Waals surface area contributed by atoms with Crippen molar-refractivity contribution >= 4 is 5.91 Å². The number of carbonyl (C=O) groups is 1. The van der Waals surface area contributed by atoms with E-state index in [-0.39, 0.29) is 12.5 Å². The molecule has 2 N–H and O–H groups in total. The van der Waals surface area contributed by atoms with Gasteiger partial charge in [-0.3, -0.25) is 10.1 Å². The standard InChI is InChI=1S/C17H23F3N2O2/c1-16(2,13-4-3-5-14(8-13)17(18,19)20)22-10-15(23)21-9-12-6-7-24-11-12/h3-5,8,12,22H,6-7,9-11H2,1-2H3,(H,21,23)/t12-/m0/s1. The molecule has 4 nitrogen and oxygen atoms in total. The first-order valence-electron chi connectivity index (χ1n) is 7.96. The molecule has 1 aliphatic rings. The molecule has 1 aromatic rings. The number of halogens is 3. The molecule has 1 heterocycles. The lowest BCUT2D eigenvalue weighted by Gasteiger charge is -2.27. The van der Waals surface area contributed by atoms with Gasteiger partial charge < -0.3 is 10.1 Å². The summed E-state index contributed by atoms with van der Waals surface area (Å²) >= 11 is 0. The molecule has 0 aromatic heterocycles. The van der Waals surface area contributed by atoms with E-state index in [4.69, 9.17) is 4.74 Å². The normalized spacial score (nSPS) is 18.6. The van der Waals surface area contributed by atoms with Gasteiger partial charge in [-0.2, -0.15) is 13.2 Å². The second-order valence-corrected chi connectivity index (χ2v) is 6.59. The van der Waals surface area contributed by atoms with Crippen molar-refractivity contribution in [2.45, 2.75) is 32.0 Å². The van der Waals surface area contributed by atoms with E-state index < -0.39 is 17.3 Å². The summed E-state index contributed by atoms with van der Waals surface area (Å²) in [6, 6.07) is 5.15. The van der Waals surface area contributed by atoms with E-state index in [0.717, 1.165) is 25.2 Å². The summed E-state index contributed by atoms with van der Waals surface area (Å²) < 4.78 is 43.7. The van der Waals surface area contributed by atoms with Crippen molar-refractivity contribution < 1.29 is 22.7 Å². The van der Waals surface area contributed by atoms with Gasteiger partial charge in [0.05, 0.1) is 18.7 Å². The van der Waals surface area contributed by atoms with Gasteiger partial charge in [0.1, 0.15) is 0 Å². The van der Waals surface area contributed by atoms with Crippen LogP contribution in [-0.2, 0) is 21.2 Å². The number of hydrogen-bond acceptors (Lipinski definition) is 3. The molecule has 1 amide bonds. The molecule has 0 radical (unpaired) electrons. The van der Waals surface area contributed by atoms with E-state index in [9.17, 15) is 18.0 Å². The first-order chi connectivity index (χ1) is 11.2. The summed E-state index contributed by atoms with van der Waals surface area (Å²) in [6.07, 6.45) is -3.45. The number of ether oxygens (including phenoxy) is 1. The highest BCUT2D eigenvalue weighted by atomic mass is 19.4. The molecular formula is C17H23F3N2O2. The minimum Gasteiger partial charge on any atom is -0.381 e. The average molecular weight is 344 g/mol. The number of benzene rings is 1. The zero-order valence-corrected chi connectivity index (χ0v) is 13.9. The molecule has 1 fully saturated rings. The van der Waals surface area contributed by atoms with Crippen LogP contribution in [0.4, 0.5) is 13.2 Å². The third kappa shape index (κ3) is 5.21. The fraction of sp³-hybridized carbons (Fsp3) is 0.588. The van der Waals surface area contributed by atoms with Crippen LogP contribution in [0.25, 0.3) is 0 Å². The lowest BCUT2D eigenvalue weighted by atomic mass is 9.92. The van der Waals surface area contributed by atoms with Gasteiger partial charge in [-0.15, -0.1) is 0 Å². The molecule has 2 rings (SSSR count). The van der Waals surface area contributed by atoms with Gasteiger partial charge in [0.15, 0.2) is 0 Å². The van der Waals surface area contributed by atoms with Gasteiger partial charge >= 0.3 is 6.18 Å². The Bertz CT molecular complexity index is 567. The van der Waals surface area contributed by atoms with Crippen LogP contribution in [0.15, 0.2) is 24.3 Å². The van der Waals surface area contributed by atoms with E-state index >= 15 is 0 Å². The SMILES string of the molecule is CC(C)(NCC(=O)NC[C@@H]1CCOC1)c1cccc(C(F)(F)F)c1. The van der Waals surface area contributed by atoms with Crippen LogP contribution >= 0.6 is 0 Å². The van der Waals surface area contributed by atoms with Crippen molar-refractivity contribution in [3.63, 3.8) is 0 Å².